The topological polar surface area (TPSA) is 38.0 Å². The zero-order chi connectivity index (χ0) is 13.8. The molecule has 1 unspecified atom stereocenters. The molecule has 0 amide bonds. The van der Waals surface area contributed by atoms with E-state index >= 15 is 0 Å². The molecular formula is C14H15BrN2S2. The third-order valence-electron chi connectivity index (χ3n) is 2.74. The van der Waals surface area contributed by atoms with E-state index in [1.807, 2.05) is 18.2 Å². The standard InChI is InChI=1S/C14H15BrN2S2/c1-9(7-11-3-2-6-19-11)17-13-5-4-10(14(16)18)8-12(13)15/h2-6,8-9,17H,7H2,1H3,(H2,16,18). The van der Waals surface area contributed by atoms with Gasteiger partial charge in [0.15, 0.2) is 0 Å². The Labute approximate surface area is 131 Å². The summed E-state index contributed by atoms with van der Waals surface area (Å²) in [5.41, 5.74) is 7.55. The second kappa shape index (κ2) is 6.50. The number of nitrogens with two attached hydrogens (primary N) is 1. The van der Waals surface area contributed by atoms with Crippen molar-refractivity contribution in [2.24, 2.45) is 5.73 Å². The second-order valence-electron chi connectivity index (χ2n) is 4.39. The normalized spacial score (nSPS) is 12.1. The minimum atomic E-state index is 0.366. The lowest BCUT2D eigenvalue weighted by molar-refractivity contribution is 0.800. The summed E-state index contributed by atoms with van der Waals surface area (Å²) in [4.78, 5) is 1.80. The molecular weight excluding hydrogens is 340 g/mol. The maximum atomic E-state index is 5.62. The van der Waals surface area contributed by atoms with Crippen LogP contribution < -0.4 is 11.1 Å². The lowest BCUT2D eigenvalue weighted by Crippen LogP contribution is -2.18. The van der Waals surface area contributed by atoms with E-state index in [9.17, 15) is 0 Å². The average Bonchev–Trinajstić information content (AvgIpc) is 2.84. The van der Waals surface area contributed by atoms with Gasteiger partial charge in [-0.2, -0.15) is 0 Å². The molecule has 1 heterocycles. The largest absolute Gasteiger partial charge is 0.389 e. The summed E-state index contributed by atoms with van der Waals surface area (Å²) < 4.78 is 0.982. The van der Waals surface area contributed by atoms with Gasteiger partial charge in [0, 0.05) is 33.1 Å². The van der Waals surface area contributed by atoms with Crippen LogP contribution in [0.3, 0.4) is 0 Å². The molecule has 0 aliphatic rings. The molecule has 1 aromatic carbocycles. The molecule has 0 fully saturated rings. The molecule has 3 N–H and O–H groups in total. The lowest BCUT2D eigenvalue weighted by Gasteiger charge is -2.16. The summed E-state index contributed by atoms with van der Waals surface area (Å²) in [7, 11) is 0. The number of benzene rings is 1. The summed E-state index contributed by atoms with van der Waals surface area (Å²) in [5.74, 6) is 0. The van der Waals surface area contributed by atoms with E-state index in [1.54, 1.807) is 11.3 Å². The van der Waals surface area contributed by atoms with Gasteiger partial charge in [-0.05, 0) is 52.5 Å². The van der Waals surface area contributed by atoms with E-state index in [4.69, 9.17) is 18.0 Å². The molecule has 2 rings (SSSR count). The smallest absolute Gasteiger partial charge is 0.104 e. The molecule has 0 spiro atoms. The molecule has 19 heavy (non-hydrogen) atoms. The Morgan fingerprint density at radius 2 is 2.26 bits per heavy atom. The summed E-state index contributed by atoms with van der Waals surface area (Å²) in [5, 5.41) is 5.60. The van der Waals surface area contributed by atoms with Crippen molar-refractivity contribution in [2.75, 3.05) is 5.32 Å². The van der Waals surface area contributed by atoms with Gasteiger partial charge in [0.25, 0.3) is 0 Å². The van der Waals surface area contributed by atoms with Crippen LogP contribution >= 0.6 is 39.5 Å². The quantitative estimate of drug-likeness (QED) is 0.790. The molecule has 100 valence electrons. The highest BCUT2D eigenvalue weighted by Crippen LogP contribution is 2.25. The van der Waals surface area contributed by atoms with Gasteiger partial charge in [0.05, 0.1) is 0 Å². The third kappa shape index (κ3) is 4.03. The van der Waals surface area contributed by atoms with Crippen molar-refractivity contribution in [3.05, 3.63) is 50.6 Å². The van der Waals surface area contributed by atoms with Crippen LogP contribution in [0.1, 0.15) is 17.4 Å². The number of anilines is 1. The Balaban J connectivity index is 2.04. The summed E-state index contributed by atoms with van der Waals surface area (Å²) in [6.45, 7) is 2.17. The Kier molecular flexibility index (Phi) is 4.96. The van der Waals surface area contributed by atoms with Crippen molar-refractivity contribution in [3.8, 4) is 0 Å². The van der Waals surface area contributed by atoms with Gasteiger partial charge in [-0.3, -0.25) is 0 Å². The molecule has 0 bridgehead atoms. The van der Waals surface area contributed by atoms with E-state index in [1.165, 1.54) is 4.88 Å². The highest BCUT2D eigenvalue weighted by atomic mass is 79.9. The molecule has 5 heteroatoms. The van der Waals surface area contributed by atoms with Crippen LogP contribution in [0.25, 0.3) is 0 Å². The first-order valence-electron chi connectivity index (χ1n) is 5.94. The van der Waals surface area contributed by atoms with E-state index in [0.29, 0.717) is 11.0 Å². The Bertz CT molecular complexity index is 567. The van der Waals surface area contributed by atoms with E-state index < -0.39 is 0 Å². The predicted octanol–water partition coefficient (Wildman–Crippen LogP) is 4.19. The molecule has 0 saturated heterocycles. The fraction of sp³-hybridized carbons (Fsp3) is 0.214. The Morgan fingerprint density at radius 3 is 2.84 bits per heavy atom. The van der Waals surface area contributed by atoms with Crippen LogP contribution in [0.2, 0.25) is 0 Å². The van der Waals surface area contributed by atoms with Gasteiger partial charge in [-0.25, -0.2) is 0 Å². The van der Waals surface area contributed by atoms with Crippen molar-refractivity contribution in [1.29, 1.82) is 0 Å². The number of nitrogens with one attached hydrogen (secondary N) is 1. The van der Waals surface area contributed by atoms with Crippen molar-refractivity contribution < 1.29 is 0 Å². The van der Waals surface area contributed by atoms with Crippen molar-refractivity contribution in [1.82, 2.24) is 0 Å². The highest BCUT2D eigenvalue weighted by molar-refractivity contribution is 9.10. The molecule has 1 aromatic heterocycles. The van der Waals surface area contributed by atoms with Crippen LogP contribution in [0.5, 0.6) is 0 Å². The molecule has 2 nitrogen and oxygen atoms in total. The van der Waals surface area contributed by atoms with Gasteiger partial charge >= 0.3 is 0 Å². The fourth-order valence-electron chi connectivity index (χ4n) is 1.83. The number of hydrogen-bond acceptors (Lipinski definition) is 3. The van der Waals surface area contributed by atoms with Crippen molar-refractivity contribution in [2.45, 2.75) is 19.4 Å². The molecule has 2 aromatic rings. The summed E-state index contributed by atoms with van der Waals surface area (Å²) >= 11 is 10.3. The first-order valence-corrected chi connectivity index (χ1v) is 8.02. The minimum Gasteiger partial charge on any atom is -0.389 e. The summed E-state index contributed by atoms with van der Waals surface area (Å²) in [6, 6.07) is 10.5. The van der Waals surface area contributed by atoms with E-state index in [-0.39, 0.29) is 0 Å². The van der Waals surface area contributed by atoms with Gasteiger partial charge < -0.3 is 11.1 Å². The first-order chi connectivity index (χ1) is 9.06. The van der Waals surface area contributed by atoms with Crippen LogP contribution in [-0.4, -0.2) is 11.0 Å². The van der Waals surface area contributed by atoms with Crippen molar-refractivity contribution >= 4 is 50.2 Å². The minimum absolute atomic E-state index is 0.366. The molecule has 0 aliphatic heterocycles. The summed E-state index contributed by atoms with van der Waals surface area (Å²) in [6.07, 6.45) is 1.02. The fourth-order valence-corrected chi connectivity index (χ4v) is 3.29. The van der Waals surface area contributed by atoms with Crippen LogP contribution in [0, 0.1) is 0 Å². The number of thiocarbonyl (C=S) groups is 1. The first kappa shape index (κ1) is 14.5. The van der Waals surface area contributed by atoms with Crippen LogP contribution in [-0.2, 0) is 6.42 Å². The number of halogens is 1. The maximum absolute atomic E-state index is 5.62. The zero-order valence-corrected chi connectivity index (χ0v) is 13.7. The van der Waals surface area contributed by atoms with Gasteiger partial charge in [-0.1, -0.05) is 18.3 Å². The number of rotatable bonds is 5. The number of hydrogen-bond donors (Lipinski definition) is 2. The molecule has 1 atom stereocenters. The van der Waals surface area contributed by atoms with Crippen molar-refractivity contribution in [3.63, 3.8) is 0 Å². The zero-order valence-electron chi connectivity index (χ0n) is 10.5. The van der Waals surface area contributed by atoms with E-state index in [0.717, 1.165) is 22.1 Å². The SMILES string of the molecule is CC(Cc1cccs1)Nc1ccc(C(N)=S)cc1Br. The highest BCUT2D eigenvalue weighted by Gasteiger charge is 2.08. The monoisotopic (exact) mass is 354 g/mol. The van der Waals surface area contributed by atoms with Gasteiger partial charge in [0.1, 0.15) is 4.99 Å². The maximum Gasteiger partial charge on any atom is 0.104 e. The Morgan fingerprint density at radius 1 is 1.47 bits per heavy atom. The predicted molar refractivity (Wildman–Crippen MR) is 91.1 cm³/mol. The average molecular weight is 355 g/mol. The molecule has 0 aliphatic carbocycles. The van der Waals surface area contributed by atoms with Gasteiger partial charge in [0.2, 0.25) is 0 Å². The molecule has 0 radical (unpaired) electrons. The van der Waals surface area contributed by atoms with Gasteiger partial charge in [-0.15, -0.1) is 11.3 Å². The third-order valence-corrected chi connectivity index (χ3v) is 4.53. The number of thiophene rings is 1. The second-order valence-corrected chi connectivity index (χ2v) is 6.71. The lowest BCUT2D eigenvalue weighted by atomic mass is 10.1. The van der Waals surface area contributed by atoms with E-state index in [2.05, 4.69) is 45.7 Å². The Hall–Kier alpha value is -0.910. The van der Waals surface area contributed by atoms with Crippen LogP contribution in [0.15, 0.2) is 40.2 Å². The van der Waals surface area contributed by atoms with Crippen LogP contribution in [0.4, 0.5) is 5.69 Å². The molecule has 0 saturated carbocycles.